The number of nitrogens with one attached hydrogen (secondary N) is 2. The highest BCUT2D eigenvalue weighted by Gasteiger charge is 2.29. The Morgan fingerprint density at radius 2 is 1.49 bits per heavy atom. The highest BCUT2D eigenvalue weighted by molar-refractivity contribution is 7.91. The van der Waals surface area contributed by atoms with E-state index in [0.717, 1.165) is 40.1 Å². The molecule has 0 unspecified atom stereocenters. The summed E-state index contributed by atoms with van der Waals surface area (Å²) in [5, 5.41) is 2.95. The molecule has 2 N–H and O–H groups in total. The second-order valence-corrected chi connectivity index (χ2v) is 15.2. The van der Waals surface area contributed by atoms with Crippen molar-refractivity contribution in [3.8, 4) is 22.4 Å². The second-order valence-electron chi connectivity index (χ2n) is 12.9. The summed E-state index contributed by atoms with van der Waals surface area (Å²) in [6.07, 6.45) is 4.12. The van der Waals surface area contributed by atoms with Gasteiger partial charge in [0.25, 0.3) is 5.91 Å². The lowest BCUT2D eigenvalue weighted by Gasteiger charge is -2.26. The van der Waals surface area contributed by atoms with Gasteiger partial charge in [0.1, 0.15) is 5.60 Å². The van der Waals surface area contributed by atoms with Crippen LogP contribution in [0, 0.1) is 0 Å². The minimum atomic E-state index is -2.90. The number of nitrogens with zero attached hydrogens (tertiary/aromatic N) is 3. The molecule has 2 aliphatic rings. The molecule has 0 saturated carbocycles. The van der Waals surface area contributed by atoms with Gasteiger partial charge in [-0.1, -0.05) is 54.6 Å². The Morgan fingerprint density at radius 3 is 2.13 bits per heavy atom. The molecule has 0 bridgehead atoms. The molecule has 2 aliphatic heterocycles. The van der Waals surface area contributed by atoms with Crippen molar-refractivity contribution >= 4 is 33.2 Å². The third kappa shape index (κ3) is 7.98. The molecule has 244 valence electrons. The number of sulfone groups is 1. The quantitative estimate of drug-likeness (QED) is 0.243. The minimum absolute atomic E-state index is 0.196. The van der Waals surface area contributed by atoms with Gasteiger partial charge in [-0.25, -0.2) is 18.2 Å². The minimum Gasteiger partial charge on any atom is -0.443 e. The molecular weight excluding hydrogens is 614 g/mol. The zero-order valence-corrected chi connectivity index (χ0v) is 27.6. The van der Waals surface area contributed by atoms with Gasteiger partial charge < -0.3 is 15.0 Å². The number of amides is 2. The topological polar surface area (TPSA) is 125 Å². The van der Waals surface area contributed by atoms with Gasteiger partial charge in [0.2, 0.25) is 0 Å². The molecule has 1 fully saturated rings. The Bertz CT molecular complexity index is 1880. The number of hydrogen-bond acceptors (Lipinski definition) is 7. The van der Waals surface area contributed by atoms with Crippen LogP contribution in [0.2, 0.25) is 0 Å². The first-order chi connectivity index (χ1) is 22.4. The first kappa shape index (κ1) is 32.2. The molecule has 3 heterocycles. The first-order valence-electron chi connectivity index (χ1n) is 15.7. The van der Waals surface area contributed by atoms with Crippen LogP contribution in [0.1, 0.15) is 48.9 Å². The van der Waals surface area contributed by atoms with Crippen molar-refractivity contribution in [2.75, 3.05) is 36.5 Å². The number of aromatic nitrogens is 2. The van der Waals surface area contributed by atoms with Crippen LogP contribution in [0.5, 0.6) is 0 Å². The van der Waals surface area contributed by atoms with E-state index in [1.165, 1.54) is 0 Å². The van der Waals surface area contributed by atoms with E-state index in [0.29, 0.717) is 43.3 Å². The van der Waals surface area contributed by atoms with E-state index >= 15 is 0 Å². The summed E-state index contributed by atoms with van der Waals surface area (Å²) >= 11 is 0. The molecular formula is C36H39N5O5S. The Labute approximate surface area is 275 Å². The number of imidazole rings is 1. The van der Waals surface area contributed by atoms with Crippen LogP contribution >= 0.6 is 0 Å². The Balaban J connectivity index is 1.04. The van der Waals surface area contributed by atoms with E-state index in [1.807, 2.05) is 99.6 Å². The number of benzene rings is 3. The highest BCUT2D eigenvalue weighted by atomic mass is 32.2. The Morgan fingerprint density at radius 1 is 0.872 bits per heavy atom. The fourth-order valence-electron chi connectivity index (χ4n) is 5.61. The van der Waals surface area contributed by atoms with Gasteiger partial charge in [-0.05, 0) is 73.7 Å². The summed E-state index contributed by atoms with van der Waals surface area (Å²) in [7, 11) is -2.90. The van der Waals surface area contributed by atoms with Crippen LogP contribution in [0.3, 0.4) is 0 Å². The van der Waals surface area contributed by atoms with E-state index in [2.05, 4.69) is 20.2 Å². The average Bonchev–Trinajstić information content (AvgIpc) is 3.73. The van der Waals surface area contributed by atoms with E-state index in [-0.39, 0.29) is 23.5 Å². The van der Waals surface area contributed by atoms with E-state index in [9.17, 15) is 18.0 Å². The van der Waals surface area contributed by atoms with Crippen LogP contribution in [0.15, 0.2) is 85.1 Å². The molecule has 0 spiro atoms. The van der Waals surface area contributed by atoms with Crippen molar-refractivity contribution in [1.82, 2.24) is 19.8 Å². The van der Waals surface area contributed by atoms with E-state index in [1.54, 1.807) is 11.1 Å². The summed E-state index contributed by atoms with van der Waals surface area (Å²) in [5.74, 6) is 0.830. The fraction of sp³-hybridized carbons (Fsp3) is 0.306. The van der Waals surface area contributed by atoms with Crippen LogP contribution in [-0.4, -0.2) is 76.9 Å². The Hall–Kier alpha value is -4.74. The van der Waals surface area contributed by atoms with Crippen molar-refractivity contribution in [2.45, 2.75) is 39.3 Å². The van der Waals surface area contributed by atoms with Gasteiger partial charge in [-0.3, -0.25) is 14.6 Å². The molecule has 47 heavy (non-hydrogen) atoms. The maximum atomic E-state index is 12.9. The number of H-pyrrole nitrogens is 1. The molecule has 11 heteroatoms. The smallest absolute Gasteiger partial charge is 0.414 e. The van der Waals surface area contributed by atoms with Crippen LogP contribution in [-0.2, 0) is 21.1 Å². The molecule has 2 amide bonds. The number of carbonyl (C=O) groups is 2. The van der Waals surface area contributed by atoms with E-state index in [4.69, 9.17) is 4.74 Å². The van der Waals surface area contributed by atoms with Crippen LogP contribution < -0.4 is 5.32 Å². The second kappa shape index (κ2) is 13.2. The maximum Gasteiger partial charge on any atom is 0.414 e. The molecule has 1 aromatic heterocycles. The van der Waals surface area contributed by atoms with Crippen molar-refractivity contribution in [3.05, 3.63) is 102 Å². The first-order valence-corrected chi connectivity index (χ1v) is 17.5. The molecule has 6 rings (SSSR count). The van der Waals surface area contributed by atoms with E-state index < -0.39 is 15.4 Å². The molecule has 0 atom stereocenters. The summed E-state index contributed by atoms with van der Waals surface area (Å²) in [6, 6.07) is 23.2. The number of aromatic amines is 1. The monoisotopic (exact) mass is 653 g/mol. The SMILES string of the molecule is CC(C)(C)OC(=O)N1CCC=C1c1ncc(-c2ccc(-c3ccc(C(=O)Nc4ccc(CN5CCS(=O)(=O)CC5)cc4)cc3)cc2)[nH]1. The highest BCUT2D eigenvalue weighted by Crippen LogP contribution is 2.29. The van der Waals surface area contributed by atoms with Gasteiger partial charge in [0.05, 0.1) is 29.1 Å². The third-order valence-corrected chi connectivity index (χ3v) is 9.75. The lowest BCUT2D eigenvalue weighted by atomic mass is 10.0. The van der Waals surface area contributed by atoms with Gasteiger partial charge in [-0.15, -0.1) is 0 Å². The zero-order chi connectivity index (χ0) is 33.2. The average molecular weight is 654 g/mol. The predicted octanol–water partition coefficient (Wildman–Crippen LogP) is 6.21. The molecule has 3 aromatic carbocycles. The molecule has 1 saturated heterocycles. The van der Waals surface area contributed by atoms with Crippen molar-refractivity contribution in [1.29, 1.82) is 0 Å². The number of rotatable bonds is 7. The van der Waals surface area contributed by atoms with Gasteiger partial charge in [-0.2, -0.15) is 0 Å². The molecule has 0 aliphatic carbocycles. The number of hydrogen-bond donors (Lipinski definition) is 2. The summed E-state index contributed by atoms with van der Waals surface area (Å²) < 4.78 is 28.9. The number of carbonyl (C=O) groups excluding carboxylic acids is 2. The fourth-order valence-corrected chi connectivity index (χ4v) is 6.89. The summed E-state index contributed by atoms with van der Waals surface area (Å²) in [4.78, 5) is 37.3. The van der Waals surface area contributed by atoms with Crippen molar-refractivity contribution in [2.24, 2.45) is 0 Å². The van der Waals surface area contributed by atoms with Crippen molar-refractivity contribution < 1.29 is 22.7 Å². The van der Waals surface area contributed by atoms with Crippen LogP contribution in [0.25, 0.3) is 28.1 Å². The van der Waals surface area contributed by atoms with Crippen LogP contribution in [0.4, 0.5) is 10.5 Å². The van der Waals surface area contributed by atoms with Gasteiger partial charge in [0, 0.05) is 37.4 Å². The summed E-state index contributed by atoms with van der Waals surface area (Å²) in [5.41, 5.74) is 6.26. The van der Waals surface area contributed by atoms with Gasteiger partial charge >= 0.3 is 6.09 Å². The largest absolute Gasteiger partial charge is 0.443 e. The lowest BCUT2D eigenvalue weighted by Crippen LogP contribution is -2.39. The Kier molecular flexibility index (Phi) is 9.03. The normalized spacial score (nSPS) is 16.5. The maximum absolute atomic E-state index is 12.9. The zero-order valence-electron chi connectivity index (χ0n) is 26.8. The predicted molar refractivity (Wildman–Crippen MR) is 183 cm³/mol. The van der Waals surface area contributed by atoms with Gasteiger partial charge in [0.15, 0.2) is 15.7 Å². The molecule has 10 nitrogen and oxygen atoms in total. The lowest BCUT2D eigenvalue weighted by molar-refractivity contribution is 0.0364. The molecule has 4 aromatic rings. The number of ether oxygens (including phenoxy) is 1. The standard InChI is InChI=1S/C36H39N5O5S/c1-36(2,3)46-35(43)41-18-4-5-32(41)33-37-23-31(39-33)28-12-8-26(9-13-28)27-10-14-29(15-11-27)34(42)38-30-16-6-25(7-17-30)24-40-19-21-47(44,45)22-20-40/h5-17,23H,4,18-22,24H2,1-3H3,(H,37,39)(H,38,42). The number of anilines is 1. The molecule has 0 radical (unpaired) electrons. The third-order valence-electron chi connectivity index (χ3n) is 8.14. The van der Waals surface area contributed by atoms with Crippen molar-refractivity contribution in [3.63, 3.8) is 0 Å². The summed E-state index contributed by atoms with van der Waals surface area (Å²) in [6.45, 7) is 7.88.